The van der Waals surface area contributed by atoms with Crippen molar-refractivity contribution in [3.63, 3.8) is 0 Å². The molecule has 0 spiro atoms. The minimum atomic E-state index is -0.142. The van der Waals surface area contributed by atoms with Gasteiger partial charge in [-0.15, -0.1) is 0 Å². The molecule has 92 valence electrons. The Bertz CT molecular complexity index is 262. The Morgan fingerprint density at radius 3 is 2.94 bits per heavy atom. The Morgan fingerprint density at radius 1 is 1.56 bits per heavy atom. The lowest BCUT2D eigenvalue weighted by atomic mass is 10.0. The van der Waals surface area contributed by atoms with Gasteiger partial charge in [-0.1, -0.05) is 0 Å². The molecule has 0 aromatic carbocycles. The zero-order chi connectivity index (χ0) is 11.6. The minimum absolute atomic E-state index is 0.125. The van der Waals surface area contributed by atoms with Crippen molar-refractivity contribution in [2.45, 2.75) is 50.7 Å². The summed E-state index contributed by atoms with van der Waals surface area (Å²) in [6.45, 7) is 3.53. The molecule has 2 rings (SSSR count). The fourth-order valence-electron chi connectivity index (χ4n) is 2.65. The molecule has 3 unspecified atom stereocenters. The van der Waals surface area contributed by atoms with Gasteiger partial charge in [0, 0.05) is 25.1 Å². The van der Waals surface area contributed by atoms with Crippen LogP contribution in [0.4, 0.5) is 0 Å². The number of rotatable bonds is 3. The van der Waals surface area contributed by atoms with Crippen molar-refractivity contribution in [3.05, 3.63) is 0 Å². The Hall–Kier alpha value is -0.610. The number of hydrogen-bond donors (Lipinski definition) is 2. The Morgan fingerprint density at radius 2 is 2.38 bits per heavy atom. The molecule has 1 heterocycles. The number of carbonyl (C=O) groups excluding carboxylic acids is 1. The van der Waals surface area contributed by atoms with Gasteiger partial charge in [0.1, 0.15) is 0 Å². The second-order valence-corrected chi connectivity index (χ2v) is 5.39. The van der Waals surface area contributed by atoms with Crippen LogP contribution < -0.4 is 11.1 Å². The molecule has 0 aromatic rings. The van der Waals surface area contributed by atoms with Crippen LogP contribution in [-0.4, -0.2) is 30.7 Å². The van der Waals surface area contributed by atoms with Crippen molar-refractivity contribution in [2.24, 2.45) is 11.7 Å². The highest BCUT2D eigenvalue weighted by Crippen LogP contribution is 2.26. The molecule has 1 amide bonds. The normalized spacial score (nSPS) is 38.9. The quantitative estimate of drug-likeness (QED) is 0.748. The number of nitrogens with two attached hydrogens (primary N) is 1. The number of hydrogen-bond acceptors (Lipinski definition) is 3. The van der Waals surface area contributed by atoms with Crippen molar-refractivity contribution in [1.29, 1.82) is 0 Å². The van der Waals surface area contributed by atoms with Crippen LogP contribution >= 0.6 is 0 Å². The van der Waals surface area contributed by atoms with E-state index in [1.165, 1.54) is 0 Å². The van der Waals surface area contributed by atoms with Crippen LogP contribution in [-0.2, 0) is 9.53 Å². The smallest absolute Gasteiger partial charge is 0.223 e. The number of nitrogens with one attached hydrogen (secondary N) is 1. The topological polar surface area (TPSA) is 64.4 Å². The highest BCUT2D eigenvalue weighted by atomic mass is 16.5. The van der Waals surface area contributed by atoms with Gasteiger partial charge in [-0.05, 0) is 39.0 Å². The first kappa shape index (κ1) is 11.9. The molecular weight excluding hydrogens is 204 g/mol. The predicted octanol–water partition coefficient (Wildman–Crippen LogP) is 0.799. The maximum atomic E-state index is 11.9. The third kappa shape index (κ3) is 2.74. The SMILES string of the molecule is CC1(CNC(=O)C2CCC(N)C2)CCCO1. The fourth-order valence-corrected chi connectivity index (χ4v) is 2.65. The zero-order valence-electron chi connectivity index (χ0n) is 10.00. The lowest BCUT2D eigenvalue weighted by Crippen LogP contribution is -2.42. The molecule has 3 N–H and O–H groups in total. The summed E-state index contributed by atoms with van der Waals surface area (Å²) in [7, 11) is 0. The molecule has 0 aromatic heterocycles. The van der Waals surface area contributed by atoms with E-state index in [-0.39, 0.29) is 23.5 Å². The van der Waals surface area contributed by atoms with Crippen LogP contribution in [0.2, 0.25) is 0 Å². The van der Waals surface area contributed by atoms with E-state index in [2.05, 4.69) is 12.2 Å². The molecule has 4 heteroatoms. The average Bonchev–Trinajstić information content (AvgIpc) is 2.85. The van der Waals surface area contributed by atoms with Crippen molar-refractivity contribution in [2.75, 3.05) is 13.2 Å². The van der Waals surface area contributed by atoms with E-state index < -0.39 is 0 Å². The van der Waals surface area contributed by atoms with E-state index in [1.807, 2.05) is 0 Å². The van der Waals surface area contributed by atoms with Crippen LogP contribution in [0, 0.1) is 5.92 Å². The monoisotopic (exact) mass is 226 g/mol. The first-order chi connectivity index (χ1) is 7.59. The molecular formula is C12H22N2O2. The van der Waals surface area contributed by atoms with Gasteiger partial charge in [-0.3, -0.25) is 4.79 Å². The fraction of sp³-hybridized carbons (Fsp3) is 0.917. The summed E-state index contributed by atoms with van der Waals surface area (Å²) >= 11 is 0. The van der Waals surface area contributed by atoms with Crippen LogP contribution in [0.15, 0.2) is 0 Å². The molecule has 3 atom stereocenters. The third-order valence-electron chi connectivity index (χ3n) is 3.78. The maximum Gasteiger partial charge on any atom is 0.223 e. The van der Waals surface area contributed by atoms with Gasteiger partial charge >= 0.3 is 0 Å². The largest absolute Gasteiger partial charge is 0.373 e. The van der Waals surface area contributed by atoms with Crippen molar-refractivity contribution in [1.82, 2.24) is 5.32 Å². The summed E-state index contributed by atoms with van der Waals surface area (Å²) in [4.78, 5) is 11.9. The van der Waals surface area contributed by atoms with Gasteiger partial charge < -0.3 is 15.8 Å². The lowest BCUT2D eigenvalue weighted by Gasteiger charge is -2.24. The molecule has 1 aliphatic carbocycles. The predicted molar refractivity (Wildman–Crippen MR) is 61.9 cm³/mol. The van der Waals surface area contributed by atoms with Gasteiger partial charge in [-0.25, -0.2) is 0 Å². The van der Waals surface area contributed by atoms with E-state index in [0.29, 0.717) is 6.54 Å². The van der Waals surface area contributed by atoms with Crippen molar-refractivity contribution in [3.8, 4) is 0 Å². The first-order valence-electron chi connectivity index (χ1n) is 6.26. The number of ether oxygens (including phenoxy) is 1. The number of carbonyl (C=O) groups is 1. The molecule has 0 radical (unpaired) electrons. The summed E-state index contributed by atoms with van der Waals surface area (Å²) in [5.41, 5.74) is 5.66. The van der Waals surface area contributed by atoms with Gasteiger partial charge in [0.15, 0.2) is 0 Å². The van der Waals surface area contributed by atoms with Gasteiger partial charge in [0.2, 0.25) is 5.91 Å². The number of amides is 1. The highest BCUT2D eigenvalue weighted by molar-refractivity contribution is 5.79. The zero-order valence-corrected chi connectivity index (χ0v) is 10.00. The van der Waals surface area contributed by atoms with Gasteiger partial charge in [-0.2, -0.15) is 0 Å². The second-order valence-electron chi connectivity index (χ2n) is 5.39. The minimum Gasteiger partial charge on any atom is -0.373 e. The van der Waals surface area contributed by atoms with E-state index >= 15 is 0 Å². The molecule has 1 saturated carbocycles. The molecule has 4 nitrogen and oxygen atoms in total. The Kier molecular flexibility index (Phi) is 3.50. The van der Waals surface area contributed by atoms with Gasteiger partial charge in [0.25, 0.3) is 0 Å². The molecule has 0 bridgehead atoms. The molecule has 2 fully saturated rings. The van der Waals surface area contributed by atoms with E-state index in [0.717, 1.165) is 38.7 Å². The van der Waals surface area contributed by atoms with Gasteiger partial charge in [0.05, 0.1) is 5.60 Å². The molecule has 1 saturated heterocycles. The summed E-state index contributed by atoms with van der Waals surface area (Å²) in [6, 6.07) is 0.217. The summed E-state index contributed by atoms with van der Waals surface area (Å²) < 4.78 is 5.64. The van der Waals surface area contributed by atoms with E-state index in [1.54, 1.807) is 0 Å². The molecule has 2 aliphatic rings. The van der Waals surface area contributed by atoms with Crippen molar-refractivity contribution >= 4 is 5.91 Å². The standard InChI is InChI=1S/C12H22N2O2/c1-12(5-2-6-16-12)8-14-11(15)9-3-4-10(13)7-9/h9-10H,2-8,13H2,1H3,(H,14,15). The maximum absolute atomic E-state index is 11.9. The highest BCUT2D eigenvalue weighted by Gasteiger charge is 2.32. The third-order valence-corrected chi connectivity index (χ3v) is 3.78. The van der Waals surface area contributed by atoms with Crippen LogP contribution in [0.25, 0.3) is 0 Å². The summed E-state index contributed by atoms with van der Waals surface area (Å²) in [5.74, 6) is 0.282. The summed E-state index contributed by atoms with van der Waals surface area (Å²) in [5, 5.41) is 3.01. The summed E-state index contributed by atoms with van der Waals surface area (Å²) in [6.07, 6.45) is 4.89. The van der Waals surface area contributed by atoms with Crippen LogP contribution in [0.3, 0.4) is 0 Å². The van der Waals surface area contributed by atoms with E-state index in [9.17, 15) is 4.79 Å². The van der Waals surface area contributed by atoms with Crippen LogP contribution in [0.1, 0.15) is 39.0 Å². The Balaban J connectivity index is 1.75. The van der Waals surface area contributed by atoms with Crippen molar-refractivity contribution < 1.29 is 9.53 Å². The lowest BCUT2D eigenvalue weighted by molar-refractivity contribution is -0.126. The Labute approximate surface area is 96.9 Å². The van der Waals surface area contributed by atoms with E-state index in [4.69, 9.17) is 10.5 Å². The average molecular weight is 226 g/mol. The van der Waals surface area contributed by atoms with Crippen LogP contribution in [0.5, 0.6) is 0 Å². The molecule has 1 aliphatic heterocycles. The first-order valence-corrected chi connectivity index (χ1v) is 6.26. The molecule has 16 heavy (non-hydrogen) atoms. The second kappa shape index (κ2) is 4.72.